The van der Waals surface area contributed by atoms with Crippen LogP contribution in [-0.4, -0.2) is 29.6 Å². The monoisotopic (exact) mass is 182 g/mol. The minimum Gasteiger partial charge on any atom is -0.352 e. The predicted molar refractivity (Wildman–Crippen MR) is 54.9 cm³/mol. The van der Waals surface area contributed by atoms with Gasteiger partial charge in [-0.3, -0.25) is 0 Å². The quantitative estimate of drug-likeness (QED) is 0.481. The summed E-state index contributed by atoms with van der Waals surface area (Å²) in [7, 11) is 0. The topological polar surface area (TPSA) is 15.3 Å². The molecule has 1 aliphatic rings. The Balaban J connectivity index is 2.26. The molecule has 0 unspecified atom stereocenters. The summed E-state index contributed by atoms with van der Waals surface area (Å²) in [6.07, 6.45) is 8.94. The fraction of sp³-hybridized carbons (Fsp3) is 0.667. The Morgan fingerprint density at radius 2 is 2.08 bits per heavy atom. The molecule has 0 aliphatic carbocycles. The number of rotatable bonds is 1. The lowest BCUT2D eigenvalue weighted by atomic mass is 10.1. The number of nitrogens with zero attached hydrogens (tertiary/aromatic N) is 1. The number of hydrogen-bond acceptors (Lipinski definition) is 1. The van der Waals surface area contributed by atoms with Gasteiger partial charge in [-0.25, -0.2) is 0 Å². The van der Waals surface area contributed by atoms with Crippen LogP contribution >= 0.6 is 12.2 Å². The Kier molecular flexibility index (Phi) is 3.89. The van der Waals surface area contributed by atoms with Crippen molar-refractivity contribution in [1.29, 1.82) is 0 Å². The second-order valence-corrected chi connectivity index (χ2v) is 3.30. The van der Waals surface area contributed by atoms with Crippen molar-refractivity contribution in [1.82, 2.24) is 10.2 Å². The van der Waals surface area contributed by atoms with Crippen LogP contribution in [0.25, 0.3) is 0 Å². The zero-order valence-electron chi connectivity index (χ0n) is 7.18. The highest BCUT2D eigenvalue weighted by Gasteiger charge is 2.11. The highest BCUT2D eigenvalue weighted by Crippen LogP contribution is 2.08. The van der Waals surface area contributed by atoms with E-state index in [1.165, 1.54) is 19.3 Å². The van der Waals surface area contributed by atoms with Crippen molar-refractivity contribution in [3.05, 3.63) is 0 Å². The Bertz CT molecular complexity index is 189. The maximum absolute atomic E-state index is 5.16. The molecule has 0 aromatic heterocycles. The van der Waals surface area contributed by atoms with E-state index in [-0.39, 0.29) is 0 Å². The molecular weight excluding hydrogens is 168 g/mol. The first-order valence-corrected chi connectivity index (χ1v) is 4.71. The summed E-state index contributed by atoms with van der Waals surface area (Å²) in [4.78, 5) is 2.19. The van der Waals surface area contributed by atoms with Crippen LogP contribution in [0.2, 0.25) is 0 Å². The maximum atomic E-state index is 5.16. The first-order chi connectivity index (χ1) is 5.84. The van der Waals surface area contributed by atoms with Crippen LogP contribution in [0.5, 0.6) is 0 Å². The fourth-order valence-electron chi connectivity index (χ4n) is 1.34. The first-order valence-electron chi connectivity index (χ1n) is 4.31. The second-order valence-electron chi connectivity index (χ2n) is 2.91. The molecule has 1 fully saturated rings. The molecule has 0 bridgehead atoms. The summed E-state index contributed by atoms with van der Waals surface area (Å²) in [5.41, 5.74) is 0. The molecule has 0 saturated carbocycles. The average Bonchev–Trinajstić information content (AvgIpc) is 2.15. The van der Waals surface area contributed by atoms with Crippen LogP contribution < -0.4 is 5.32 Å². The Hall–Kier alpha value is -0.750. The van der Waals surface area contributed by atoms with Gasteiger partial charge in [-0.2, -0.15) is 0 Å². The lowest BCUT2D eigenvalue weighted by Crippen LogP contribution is -2.42. The molecule has 0 aromatic rings. The lowest BCUT2D eigenvalue weighted by Gasteiger charge is -2.28. The van der Waals surface area contributed by atoms with E-state index in [0.29, 0.717) is 6.54 Å². The third-order valence-electron chi connectivity index (χ3n) is 1.98. The van der Waals surface area contributed by atoms with Gasteiger partial charge in [0.2, 0.25) is 0 Å². The number of likely N-dealkylation sites (tertiary alicyclic amines) is 1. The average molecular weight is 182 g/mol. The van der Waals surface area contributed by atoms with Crippen molar-refractivity contribution in [2.45, 2.75) is 19.3 Å². The molecule has 1 N–H and O–H groups in total. The van der Waals surface area contributed by atoms with Gasteiger partial charge in [0.25, 0.3) is 0 Å². The van der Waals surface area contributed by atoms with Crippen LogP contribution in [0.15, 0.2) is 0 Å². The van der Waals surface area contributed by atoms with Gasteiger partial charge in [-0.15, -0.1) is 6.42 Å². The molecule has 1 rings (SSSR count). The molecule has 1 saturated heterocycles. The lowest BCUT2D eigenvalue weighted by molar-refractivity contribution is 0.339. The van der Waals surface area contributed by atoms with Gasteiger partial charge in [0.15, 0.2) is 5.11 Å². The third-order valence-corrected chi connectivity index (χ3v) is 2.39. The fourth-order valence-corrected chi connectivity index (χ4v) is 1.59. The van der Waals surface area contributed by atoms with Gasteiger partial charge in [0, 0.05) is 13.1 Å². The van der Waals surface area contributed by atoms with Crippen LogP contribution in [0, 0.1) is 12.3 Å². The summed E-state index contributed by atoms with van der Waals surface area (Å²) in [5.74, 6) is 2.51. The summed E-state index contributed by atoms with van der Waals surface area (Å²) in [6, 6.07) is 0. The number of nitrogens with one attached hydrogen (secondary N) is 1. The van der Waals surface area contributed by atoms with Crippen LogP contribution in [-0.2, 0) is 0 Å². The van der Waals surface area contributed by atoms with E-state index in [1.54, 1.807) is 0 Å². The van der Waals surface area contributed by atoms with Crippen LogP contribution in [0.4, 0.5) is 0 Å². The minimum atomic E-state index is 0.537. The van der Waals surface area contributed by atoms with Gasteiger partial charge in [-0.1, -0.05) is 5.92 Å². The van der Waals surface area contributed by atoms with Crippen molar-refractivity contribution < 1.29 is 0 Å². The molecule has 0 amide bonds. The Morgan fingerprint density at radius 1 is 1.42 bits per heavy atom. The van der Waals surface area contributed by atoms with Crippen molar-refractivity contribution in [2.24, 2.45) is 0 Å². The molecule has 0 atom stereocenters. The second kappa shape index (κ2) is 5.00. The molecule has 3 heteroatoms. The van der Waals surface area contributed by atoms with Gasteiger partial charge in [0.05, 0.1) is 6.54 Å². The highest BCUT2D eigenvalue weighted by molar-refractivity contribution is 7.80. The van der Waals surface area contributed by atoms with E-state index >= 15 is 0 Å². The molecule has 2 nitrogen and oxygen atoms in total. The van der Waals surface area contributed by atoms with Crippen molar-refractivity contribution in [2.75, 3.05) is 19.6 Å². The standard InChI is InChI=1S/C9H14N2S/c1-2-6-10-9(12)11-7-4-3-5-8-11/h1H,3-8H2,(H,10,12). The number of terminal acetylenes is 1. The van der Waals surface area contributed by atoms with Crippen LogP contribution in [0.1, 0.15) is 19.3 Å². The molecule has 1 heterocycles. The number of piperidine rings is 1. The van der Waals surface area contributed by atoms with E-state index < -0.39 is 0 Å². The SMILES string of the molecule is C#CCNC(=S)N1CCCCC1. The van der Waals surface area contributed by atoms with E-state index in [4.69, 9.17) is 18.6 Å². The smallest absolute Gasteiger partial charge is 0.169 e. The van der Waals surface area contributed by atoms with Gasteiger partial charge < -0.3 is 10.2 Å². The first kappa shape index (κ1) is 9.34. The largest absolute Gasteiger partial charge is 0.352 e. The molecule has 12 heavy (non-hydrogen) atoms. The molecule has 66 valence electrons. The normalized spacial score (nSPS) is 16.8. The maximum Gasteiger partial charge on any atom is 0.169 e. The van der Waals surface area contributed by atoms with E-state index in [9.17, 15) is 0 Å². The van der Waals surface area contributed by atoms with Crippen molar-refractivity contribution in [3.8, 4) is 12.3 Å². The molecule has 1 aliphatic heterocycles. The zero-order chi connectivity index (χ0) is 8.81. The van der Waals surface area contributed by atoms with Crippen molar-refractivity contribution in [3.63, 3.8) is 0 Å². The van der Waals surface area contributed by atoms with Gasteiger partial charge in [-0.05, 0) is 31.5 Å². The van der Waals surface area contributed by atoms with E-state index in [2.05, 4.69) is 16.1 Å². The minimum absolute atomic E-state index is 0.537. The highest BCUT2D eigenvalue weighted by atomic mass is 32.1. The van der Waals surface area contributed by atoms with Gasteiger partial charge >= 0.3 is 0 Å². The van der Waals surface area contributed by atoms with Gasteiger partial charge in [0.1, 0.15) is 0 Å². The predicted octanol–water partition coefficient (Wildman–Crippen LogP) is 0.980. The number of hydrogen-bond donors (Lipinski definition) is 1. The zero-order valence-corrected chi connectivity index (χ0v) is 7.99. The summed E-state index contributed by atoms with van der Waals surface area (Å²) in [6.45, 7) is 2.70. The summed E-state index contributed by atoms with van der Waals surface area (Å²) in [5, 5.41) is 3.84. The Morgan fingerprint density at radius 3 is 2.67 bits per heavy atom. The van der Waals surface area contributed by atoms with Crippen LogP contribution in [0.3, 0.4) is 0 Å². The summed E-state index contributed by atoms with van der Waals surface area (Å²) >= 11 is 5.16. The van der Waals surface area contributed by atoms with Crippen molar-refractivity contribution >= 4 is 17.3 Å². The molecule has 0 aromatic carbocycles. The molecular formula is C9H14N2S. The van der Waals surface area contributed by atoms with E-state index in [0.717, 1.165) is 18.2 Å². The number of thiocarbonyl (C=S) groups is 1. The molecule has 0 spiro atoms. The summed E-state index contributed by atoms with van der Waals surface area (Å²) < 4.78 is 0. The van der Waals surface area contributed by atoms with E-state index in [1.807, 2.05) is 0 Å². The molecule has 0 radical (unpaired) electrons. The Labute approximate surface area is 79.3 Å². The third kappa shape index (κ3) is 2.71.